The first-order valence-electron chi connectivity index (χ1n) is 15.4. The summed E-state index contributed by atoms with van der Waals surface area (Å²) >= 11 is 0. The monoisotopic (exact) mass is 670 g/mol. The van der Waals surface area contributed by atoms with E-state index in [0.29, 0.717) is 16.7 Å². The third-order valence-corrected chi connectivity index (χ3v) is 9.23. The molecule has 4 aliphatic heterocycles. The van der Waals surface area contributed by atoms with Crippen molar-refractivity contribution < 1.29 is 79.3 Å². The molecule has 2 aromatic rings. The maximum absolute atomic E-state index is 13.5. The highest BCUT2D eigenvalue weighted by atomic mass is 31.2. The number of aliphatic hydroxyl groups is 2. The highest BCUT2D eigenvalue weighted by Gasteiger charge is 2.56. The van der Waals surface area contributed by atoms with E-state index in [1.807, 2.05) is 0 Å². The molecule has 4 N–H and O–H groups in total. The van der Waals surface area contributed by atoms with E-state index >= 15 is 0 Å². The van der Waals surface area contributed by atoms with Gasteiger partial charge >= 0.3 is 13.8 Å². The van der Waals surface area contributed by atoms with Crippen molar-refractivity contribution in [2.24, 2.45) is 11.8 Å². The quantitative estimate of drug-likeness (QED) is 0.240. The molecule has 0 unspecified atom stereocenters. The van der Waals surface area contributed by atoms with Gasteiger partial charge in [0.15, 0.2) is 35.6 Å². The maximum Gasteiger partial charge on any atom is 0.525 e. The molecule has 250 valence electrons. The molecule has 1 aliphatic carbocycles. The minimum absolute atomic E-state index is 0.0329. The Morgan fingerprint density at radius 3 is 2.26 bits per heavy atom. The van der Waals surface area contributed by atoms with E-state index in [1.165, 1.54) is 38.5 Å². The zero-order valence-corrected chi connectivity index (χ0v) is 25.5. The fraction of sp³-hybridized carbons (Fsp3) is 0.552. The topological polar surface area (TPSA) is 207 Å². The van der Waals surface area contributed by atoms with Gasteiger partial charge in [0.2, 0.25) is 12.5 Å². The number of hydrogen-bond donors (Lipinski definition) is 4. The molecular formula is C29H33O16P. The Morgan fingerprint density at radius 1 is 0.935 bits per heavy atom. The number of fused-ring (bicyclic) bond motifs is 4. The average Bonchev–Trinajstić information content (AvgIpc) is 3.55. The molecule has 0 aromatic heterocycles. The number of carbonyl (C=O) groups is 1. The minimum atomic E-state index is -5.05. The zero-order chi connectivity index (χ0) is 34.3. The third-order valence-electron chi connectivity index (χ3n) is 8.81. The number of ether oxygens (including phenoxy) is 9. The second-order valence-electron chi connectivity index (χ2n) is 11.4. The van der Waals surface area contributed by atoms with Crippen LogP contribution in [0.25, 0.3) is 0 Å². The first kappa shape index (κ1) is 29.0. The molecule has 0 spiro atoms. The summed E-state index contributed by atoms with van der Waals surface area (Å²) in [6.07, 6.45) is -7.68. The molecule has 2 aromatic carbocycles. The number of rotatable bonds is 7. The Labute approximate surface area is 264 Å². The standard InChI is InChI=1S/C29H33O16P/c1-11-38-9-20-27(42-11)23(30)24(31)29(43-20)44-25-14-7-17-16(40-10-41-17)6-13(14)21(22-15(25)8-39-28(22)32)12-4-18(36-2)26(19(5-12)37-3)45-46(33,34)35/h4-7,11,15,20-25,27,29-31H,8-10H2,1-3H3,(H2,33,34,35)/t11-,15+,20-,21-,22+,23-,24-,25-,27-,29+/m1/s1/i10D2. The lowest BCUT2D eigenvalue weighted by Gasteiger charge is -2.47. The van der Waals surface area contributed by atoms with Crippen LogP contribution in [0.2, 0.25) is 0 Å². The van der Waals surface area contributed by atoms with Crippen molar-refractivity contribution in [1.29, 1.82) is 0 Å². The molecule has 0 bridgehead atoms. The molecular weight excluding hydrogens is 635 g/mol. The van der Waals surface area contributed by atoms with Gasteiger partial charge < -0.3 is 57.4 Å². The van der Waals surface area contributed by atoms with Crippen LogP contribution >= 0.6 is 7.82 Å². The van der Waals surface area contributed by atoms with Gasteiger partial charge in [-0.15, -0.1) is 0 Å². The smallest absolute Gasteiger partial charge is 0.493 e. The summed E-state index contributed by atoms with van der Waals surface area (Å²) < 4.78 is 83.5. The van der Waals surface area contributed by atoms with Gasteiger partial charge in [-0.1, -0.05) is 0 Å². The summed E-state index contributed by atoms with van der Waals surface area (Å²) in [5, 5.41) is 22.1. The molecule has 10 atom stereocenters. The second kappa shape index (κ2) is 11.8. The van der Waals surface area contributed by atoms with Crippen LogP contribution < -0.4 is 23.5 Å². The number of carbonyl (C=O) groups excluding carboxylic acids is 1. The zero-order valence-electron chi connectivity index (χ0n) is 26.6. The lowest BCUT2D eigenvalue weighted by Crippen LogP contribution is -2.63. The minimum Gasteiger partial charge on any atom is -0.493 e. The molecule has 0 amide bonds. The van der Waals surface area contributed by atoms with Gasteiger partial charge in [0.25, 0.3) is 0 Å². The summed E-state index contributed by atoms with van der Waals surface area (Å²) in [5.41, 5.74) is 1.20. The Balaban J connectivity index is 1.34. The van der Waals surface area contributed by atoms with E-state index in [4.69, 9.17) is 49.9 Å². The van der Waals surface area contributed by atoms with Crippen LogP contribution in [0.3, 0.4) is 0 Å². The largest absolute Gasteiger partial charge is 0.525 e. The van der Waals surface area contributed by atoms with Crippen molar-refractivity contribution in [3.63, 3.8) is 0 Å². The van der Waals surface area contributed by atoms with Crippen LogP contribution in [0.4, 0.5) is 0 Å². The molecule has 5 aliphatic rings. The van der Waals surface area contributed by atoms with E-state index in [2.05, 4.69) is 0 Å². The van der Waals surface area contributed by atoms with Gasteiger partial charge in [0, 0.05) is 11.8 Å². The summed E-state index contributed by atoms with van der Waals surface area (Å²) in [6, 6.07) is 5.88. The van der Waals surface area contributed by atoms with Crippen LogP contribution in [-0.2, 0) is 33.0 Å². The molecule has 4 heterocycles. The molecule has 3 fully saturated rings. The van der Waals surface area contributed by atoms with Gasteiger partial charge in [-0.2, -0.15) is 0 Å². The Kier molecular flexibility index (Phi) is 7.44. The molecule has 0 radical (unpaired) electrons. The summed E-state index contributed by atoms with van der Waals surface area (Å²) in [4.78, 5) is 32.6. The normalized spacial score (nSPS) is 36.4. The van der Waals surface area contributed by atoms with Crippen LogP contribution in [0.5, 0.6) is 28.7 Å². The highest BCUT2D eigenvalue weighted by Crippen LogP contribution is 2.57. The number of phosphoric acid groups is 1. The van der Waals surface area contributed by atoms with E-state index in [-0.39, 0.29) is 42.0 Å². The molecule has 0 saturated carbocycles. The predicted octanol–water partition coefficient (Wildman–Crippen LogP) is 1.10. The van der Waals surface area contributed by atoms with Crippen molar-refractivity contribution in [1.82, 2.24) is 0 Å². The Bertz CT molecular complexity index is 1620. The van der Waals surface area contributed by atoms with Gasteiger partial charge in [0.1, 0.15) is 27.2 Å². The predicted molar refractivity (Wildman–Crippen MR) is 149 cm³/mol. The number of phosphoric ester groups is 1. The first-order valence-corrected chi connectivity index (χ1v) is 15.9. The number of benzene rings is 2. The van der Waals surface area contributed by atoms with Gasteiger partial charge in [-0.05, 0) is 47.9 Å². The lowest BCUT2D eigenvalue weighted by molar-refractivity contribution is -0.364. The molecule has 3 saturated heterocycles. The molecule has 16 nitrogen and oxygen atoms in total. The number of methoxy groups -OCH3 is 2. The summed E-state index contributed by atoms with van der Waals surface area (Å²) in [5.74, 6) is -3.65. The summed E-state index contributed by atoms with van der Waals surface area (Å²) in [7, 11) is -2.53. The summed E-state index contributed by atoms with van der Waals surface area (Å²) in [6.45, 7) is -0.902. The van der Waals surface area contributed by atoms with E-state index in [1.54, 1.807) is 6.92 Å². The van der Waals surface area contributed by atoms with Gasteiger partial charge in [0.05, 0.1) is 39.5 Å². The number of cyclic esters (lactones) is 1. The fourth-order valence-corrected chi connectivity index (χ4v) is 7.24. The van der Waals surface area contributed by atoms with Crippen molar-refractivity contribution >= 4 is 13.8 Å². The van der Waals surface area contributed by atoms with E-state index < -0.39 is 81.4 Å². The second-order valence-corrected chi connectivity index (χ2v) is 12.6. The average molecular weight is 671 g/mol. The molecule has 46 heavy (non-hydrogen) atoms. The van der Waals surface area contributed by atoms with Crippen molar-refractivity contribution in [3.05, 3.63) is 41.0 Å². The third kappa shape index (κ3) is 5.37. The van der Waals surface area contributed by atoms with Crippen LogP contribution in [0, 0.1) is 11.8 Å². The highest BCUT2D eigenvalue weighted by molar-refractivity contribution is 7.46. The first-order chi connectivity index (χ1) is 22.7. The Morgan fingerprint density at radius 2 is 1.61 bits per heavy atom. The van der Waals surface area contributed by atoms with Gasteiger partial charge in [-0.25, -0.2) is 4.57 Å². The van der Waals surface area contributed by atoms with E-state index in [0.717, 1.165) is 0 Å². The number of esters is 1. The molecule has 17 heteroatoms. The SMILES string of the molecule is [2H]C1([2H])Oc2cc3c(cc2O1)[C@@H](O[C@@H]1O[C@@H]2CO[C@@H](C)O[C@H]2[C@H](O)[C@H]1O)[C@H]1COC(=O)[C@@H]1[C@@H]3c1cc(OC)c(OP(=O)(O)O)c(OC)c1. The molecule has 7 rings (SSSR count). The van der Waals surface area contributed by atoms with Gasteiger partial charge in [-0.3, -0.25) is 14.6 Å². The van der Waals surface area contributed by atoms with Crippen molar-refractivity contribution in [2.75, 3.05) is 34.2 Å². The lowest BCUT2D eigenvalue weighted by atomic mass is 9.66. The van der Waals surface area contributed by atoms with Crippen molar-refractivity contribution in [3.8, 4) is 28.7 Å². The Hall–Kier alpha value is -3.18. The maximum atomic E-state index is 13.5. The van der Waals surface area contributed by atoms with Crippen LogP contribution in [-0.4, -0.2) is 97.1 Å². The van der Waals surface area contributed by atoms with E-state index in [9.17, 15) is 29.4 Å². The van der Waals surface area contributed by atoms with Crippen molar-refractivity contribution in [2.45, 2.75) is 55.9 Å². The number of hydrogen-bond acceptors (Lipinski definition) is 14. The number of aliphatic hydroxyl groups excluding tert-OH is 2. The van der Waals surface area contributed by atoms with Crippen LogP contribution in [0.1, 0.15) is 38.4 Å². The fourth-order valence-electron chi connectivity index (χ4n) is 6.82. The van der Waals surface area contributed by atoms with Crippen LogP contribution in [0.15, 0.2) is 24.3 Å².